The van der Waals surface area contributed by atoms with Gasteiger partial charge in [-0.15, -0.1) is 0 Å². The van der Waals surface area contributed by atoms with Crippen molar-refractivity contribution < 1.29 is 20.4 Å². The van der Waals surface area contributed by atoms with E-state index in [2.05, 4.69) is 20.8 Å². The molecule has 4 saturated carbocycles. The molecule has 4 fully saturated rings. The first-order valence-corrected chi connectivity index (χ1v) is 13.1. The van der Waals surface area contributed by atoms with Crippen LogP contribution in [0.5, 0.6) is 0 Å². The molecule has 0 amide bonds. The largest absolute Gasteiger partial charge is 0.393 e. The molecular formula is C27H48O4. The summed E-state index contributed by atoms with van der Waals surface area (Å²) in [5, 5.41) is 43.3. The van der Waals surface area contributed by atoms with Crippen molar-refractivity contribution in [2.75, 3.05) is 0 Å². The monoisotopic (exact) mass is 436 g/mol. The Kier molecular flexibility index (Phi) is 6.38. The van der Waals surface area contributed by atoms with Gasteiger partial charge in [-0.2, -0.15) is 0 Å². The van der Waals surface area contributed by atoms with E-state index in [0.29, 0.717) is 35.5 Å². The van der Waals surface area contributed by atoms with Gasteiger partial charge in [0.25, 0.3) is 0 Å². The van der Waals surface area contributed by atoms with E-state index in [-0.39, 0.29) is 29.1 Å². The fourth-order valence-electron chi connectivity index (χ4n) is 9.19. The summed E-state index contributed by atoms with van der Waals surface area (Å²) in [6.45, 7) is 10.8. The minimum atomic E-state index is -0.606. The van der Waals surface area contributed by atoms with Crippen LogP contribution in [0.15, 0.2) is 0 Å². The van der Waals surface area contributed by atoms with Gasteiger partial charge in [0.05, 0.1) is 23.9 Å². The smallest absolute Gasteiger partial charge is 0.0602 e. The van der Waals surface area contributed by atoms with Gasteiger partial charge in [-0.25, -0.2) is 0 Å². The maximum atomic E-state index is 11.6. The van der Waals surface area contributed by atoms with Crippen LogP contribution in [0.3, 0.4) is 0 Å². The highest BCUT2D eigenvalue weighted by atomic mass is 16.3. The topological polar surface area (TPSA) is 80.9 Å². The summed E-state index contributed by atoms with van der Waals surface area (Å²) in [4.78, 5) is 0. The minimum absolute atomic E-state index is 0.117. The van der Waals surface area contributed by atoms with Crippen LogP contribution in [-0.4, -0.2) is 44.3 Å². The SMILES string of the molecule is C[C@H](CCCC(C)(C)O)[C@H]1CC[C@H]2[C@@H]3[C@H](O)C[C@H]4C[C@@H](O)CC[C@]4(C)[C@H]3C[C@@H](O)[C@]12C. The van der Waals surface area contributed by atoms with Crippen LogP contribution in [-0.2, 0) is 0 Å². The Morgan fingerprint density at radius 2 is 1.68 bits per heavy atom. The van der Waals surface area contributed by atoms with Crippen molar-refractivity contribution in [3.63, 3.8) is 0 Å². The summed E-state index contributed by atoms with van der Waals surface area (Å²) in [6, 6.07) is 0. The van der Waals surface area contributed by atoms with Crippen molar-refractivity contribution in [2.45, 2.75) is 123 Å². The molecular weight excluding hydrogens is 388 g/mol. The molecule has 0 heterocycles. The van der Waals surface area contributed by atoms with Crippen molar-refractivity contribution in [3.8, 4) is 0 Å². The molecule has 0 radical (unpaired) electrons. The normalized spacial score (nSPS) is 51.0. The molecule has 31 heavy (non-hydrogen) atoms. The number of hydrogen-bond acceptors (Lipinski definition) is 4. The molecule has 4 nitrogen and oxygen atoms in total. The third-order valence-corrected chi connectivity index (χ3v) is 11.0. The van der Waals surface area contributed by atoms with Crippen LogP contribution in [0, 0.1) is 46.3 Å². The van der Waals surface area contributed by atoms with Gasteiger partial charge in [-0.05, 0) is 112 Å². The first-order chi connectivity index (χ1) is 14.4. The van der Waals surface area contributed by atoms with Gasteiger partial charge >= 0.3 is 0 Å². The average molecular weight is 437 g/mol. The van der Waals surface area contributed by atoms with E-state index in [0.717, 1.165) is 64.2 Å². The highest BCUT2D eigenvalue weighted by molar-refractivity contribution is 5.14. The molecule has 4 aliphatic rings. The fourth-order valence-corrected chi connectivity index (χ4v) is 9.19. The lowest BCUT2D eigenvalue weighted by atomic mass is 9.43. The first-order valence-electron chi connectivity index (χ1n) is 13.1. The second-order valence-electron chi connectivity index (χ2n) is 13.2. The van der Waals surface area contributed by atoms with Gasteiger partial charge in [0.2, 0.25) is 0 Å². The standard InChI is InChI=1S/C27H48O4/c1-16(7-6-11-25(2,3)31)19-8-9-20-24-21(15-23(30)27(19,20)5)26(4)12-10-18(28)13-17(26)14-22(24)29/h16-24,28-31H,6-15H2,1-5H3/t16-,17-,18+,19-,20+,21+,22-,23-,24+,26+,27-/m1/s1. The number of hydrogen-bond donors (Lipinski definition) is 4. The van der Waals surface area contributed by atoms with Crippen molar-refractivity contribution in [1.29, 1.82) is 0 Å². The summed E-state index contributed by atoms with van der Waals surface area (Å²) < 4.78 is 0. The maximum Gasteiger partial charge on any atom is 0.0602 e. The number of aliphatic hydroxyl groups is 4. The lowest BCUT2D eigenvalue weighted by Gasteiger charge is -2.63. The second kappa shape index (κ2) is 8.25. The van der Waals surface area contributed by atoms with Gasteiger partial charge in [0.15, 0.2) is 0 Å². The minimum Gasteiger partial charge on any atom is -0.393 e. The van der Waals surface area contributed by atoms with Crippen molar-refractivity contribution >= 4 is 0 Å². The van der Waals surface area contributed by atoms with Crippen LogP contribution in [0.1, 0.15) is 98.8 Å². The zero-order chi connectivity index (χ0) is 22.8. The molecule has 0 bridgehead atoms. The number of rotatable bonds is 5. The third kappa shape index (κ3) is 4.02. The van der Waals surface area contributed by atoms with E-state index < -0.39 is 5.60 Å². The van der Waals surface area contributed by atoms with Crippen molar-refractivity contribution in [3.05, 3.63) is 0 Å². The van der Waals surface area contributed by atoms with Gasteiger partial charge in [-0.1, -0.05) is 33.6 Å². The number of fused-ring (bicyclic) bond motifs is 5. The van der Waals surface area contributed by atoms with Crippen molar-refractivity contribution in [1.82, 2.24) is 0 Å². The van der Waals surface area contributed by atoms with E-state index >= 15 is 0 Å². The molecule has 0 aliphatic heterocycles. The zero-order valence-corrected chi connectivity index (χ0v) is 20.6. The molecule has 0 unspecified atom stereocenters. The Labute approximate surface area is 189 Å². The molecule has 11 atom stereocenters. The highest BCUT2D eigenvalue weighted by Crippen LogP contribution is 2.68. The molecule has 0 aromatic carbocycles. The third-order valence-electron chi connectivity index (χ3n) is 11.0. The fraction of sp³-hybridized carbons (Fsp3) is 1.00. The van der Waals surface area contributed by atoms with E-state index in [1.165, 1.54) is 0 Å². The number of aliphatic hydroxyl groups excluding tert-OH is 3. The molecule has 0 spiro atoms. The lowest BCUT2D eigenvalue weighted by Crippen LogP contribution is -2.62. The summed E-state index contributed by atoms with van der Waals surface area (Å²) in [5.74, 6) is 2.44. The Morgan fingerprint density at radius 3 is 2.35 bits per heavy atom. The van der Waals surface area contributed by atoms with Crippen molar-refractivity contribution in [2.24, 2.45) is 46.3 Å². The molecule has 4 N–H and O–H groups in total. The van der Waals surface area contributed by atoms with E-state index in [1.54, 1.807) is 0 Å². The predicted octanol–water partition coefficient (Wildman–Crippen LogP) is 4.53. The zero-order valence-electron chi connectivity index (χ0n) is 20.6. The van der Waals surface area contributed by atoms with Crippen LogP contribution in [0.25, 0.3) is 0 Å². The Bertz CT molecular complexity index is 644. The summed E-state index contributed by atoms with van der Waals surface area (Å²) in [7, 11) is 0. The predicted molar refractivity (Wildman–Crippen MR) is 123 cm³/mol. The average Bonchev–Trinajstić information content (AvgIpc) is 3.01. The van der Waals surface area contributed by atoms with Gasteiger partial charge in [0.1, 0.15) is 0 Å². The van der Waals surface area contributed by atoms with Gasteiger partial charge in [0, 0.05) is 0 Å². The van der Waals surface area contributed by atoms with Gasteiger partial charge < -0.3 is 20.4 Å². The molecule has 4 heteroatoms. The van der Waals surface area contributed by atoms with Crippen LogP contribution in [0.2, 0.25) is 0 Å². The Morgan fingerprint density at radius 1 is 0.968 bits per heavy atom. The molecule has 4 rings (SSSR count). The van der Waals surface area contributed by atoms with Crippen LogP contribution < -0.4 is 0 Å². The quantitative estimate of drug-likeness (QED) is 0.511. The van der Waals surface area contributed by atoms with Crippen LogP contribution >= 0.6 is 0 Å². The molecule has 0 aromatic heterocycles. The van der Waals surface area contributed by atoms with Crippen LogP contribution in [0.4, 0.5) is 0 Å². The highest BCUT2D eigenvalue weighted by Gasteiger charge is 2.65. The second-order valence-corrected chi connectivity index (χ2v) is 13.2. The molecule has 0 aromatic rings. The maximum absolute atomic E-state index is 11.6. The lowest BCUT2D eigenvalue weighted by molar-refractivity contribution is -0.207. The first kappa shape index (κ1) is 24.0. The summed E-state index contributed by atoms with van der Waals surface area (Å²) >= 11 is 0. The Balaban J connectivity index is 1.54. The van der Waals surface area contributed by atoms with E-state index in [1.807, 2.05) is 13.8 Å². The van der Waals surface area contributed by atoms with E-state index in [4.69, 9.17) is 0 Å². The summed E-state index contributed by atoms with van der Waals surface area (Å²) in [5.41, 5.74) is -0.583. The molecule has 180 valence electrons. The molecule has 4 aliphatic carbocycles. The van der Waals surface area contributed by atoms with Gasteiger partial charge in [-0.3, -0.25) is 0 Å². The molecule has 0 saturated heterocycles. The summed E-state index contributed by atoms with van der Waals surface area (Å²) in [6.07, 6.45) is 8.73. The van der Waals surface area contributed by atoms with E-state index in [9.17, 15) is 20.4 Å². The Hall–Kier alpha value is -0.160.